The number of aliphatic hydroxyl groups is 1. The first kappa shape index (κ1) is 15.4. The molecule has 0 fully saturated rings. The molecule has 0 aliphatic carbocycles. The fourth-order valence-electron chi connectivity index (χ4n) is 2.00. The molecule has 2 N–H and O–H groups in total. The normalized spacial score (nSPS) is 11.4. The highest BCUT2D eigenvalue weighted by Crippen LogP contribution is 2.21. The second-order valence-electron chi connectivity index (χ2n) is 5.95. The Morgan fingerprint density at radius 3 is 2.76 bits per heavy atom. The highest BCUT2D eigenvalue weighted by molar-refractivity contribution is 5.56. The highest BCUT2D eigenvalue weighted by atomic mass is 16.3. The highest BCUT2D eigenvalue weighted by Gasteiger charge is 2.17. The van der Waals surface area contributed by atoms with Crippen LogP contribution in [-0.2, 0) is 0 Å². The van der Waals surface area contributed by atoms with Gasteiger partial charge < -0.3 is 10.4 Å². The van der Waals surface area contributed by atoms with Crippen LogP contribution in [0.5, 0.6) is 0 Å². The molecular weight excluding hydrogens is 264 g/mol. The molecule has 0 aromatic carbocycles. The lowest BCUT2D eigenvalue weighted by molar-refractivity contribution is 0.220. The number of pyridine rings is 1. The number of aryl methyl sites for hydroxylation is 1. The van der Waals surface area contributed by atoms with Gasteiger partial charge in [-0.15, -0.1) is 0 Å². The van der Waals surface area contributed by atoms with Crippen LogP contribution in [0, 0.1) is 12.3 Å². The van der Waals surface area contributed by atoms with Crippen molar-refractivity contribution in [3.05, 3.63) is 36.3 Å². The summed E-state index contributed by atoms with van der Waals surface area (Å²) in [5.41, 5.74) is 1.83. The molecule has 2 heterocycles. The number of hydrogen-bond donors (Lipinski definition) is 2. The summed E-state index contributed by atoms with van der Waals surface area (Å²) in [6.07, 6.45) is 4.24. The van der Waals surface area contributed by atoms with Crippen LogP contribution in [0.15, 0.2) is 30.6 Å². The van der Waals surface area contributed by atoms with Gasteiger partial charge in [0.2, 0.25) is 0 Å². The molecule has 0 unspecified atom stereocenters. The quantitative estimate of drug-likeness (QED) is 0.854. The van der Waals surface area contributed by atoms with Gasteiger partial charge in [0, 0.05) is 42.9 Å². The third-order valence-corrected chi connectivity index (χ3v) is 3.31. The van der Waals surface area contributed by atoms with E-state index in [2.05, 4.69) is 34.1 Å². The van der Waals surface area contributed by atoms with Crippen LogP contribution in [0.4, 0.5) is 5.82 Å². The van der Waals surface area contributed by atoms with Gasteiger partial charge in [0.25, 0.3) is 0 Å². The zero-order valence-electron chi connectivity index (χ0n) is 12.8. The Morgan fingerprint density at radius 1 is 1.29 bits per heavy atom. The maximum absolute atomic E-state index is 9.08. The van der Waals surface area contributed by atoms with Crippen LogP contribution in [0.1, 0.15) is 26.0 Å². The van der Waals surface area contributed by atoms with Gasteiger partial charge in [0.1, 0.15) is 5.82 Å². The molecule has 2 aromatic heterocycles. The molecule has 0 saturated heterocycles. The largest absolute Gasteiger partial charge is 0.396 e. The molecule has 2 aromatic rings. The zero-order chi connectivity index (χ0) is 15.3. The lowest BCUT2D eigenvalue weighted by Gasteiger charge is -2.24. The molecular formula is C16H22N4O. The SMILES string of the molecule is Cc1cc(NCC(C)(C)CCO)nc(-c2cccnc2)n1. The van der Waals surface area contributed by atoms with Crippen molar-refractivity contribution in [3.63, 3.8) is 0 Å². The number of hydrogen-bond acceptors (Lipinski definition) is 5. The first-order chi connectivity index (χ1) is 10.00. The van der Waals surface area contributed by atoms with Crippen molar-refractivity contribution in [2.24, 2.45) is 5.41 Å². The summed E-state index contributed by atoms with van der Waals surface area (Å²) in [6, 6.07) is 5.74. The monoisotopic (exact) mass is 286 g/mol. The molecule has 0 radical (unpaired) electrons. The summed E-state index contributed by atoms with van der Waals surface area (Å²) in [6.45, 7) is 7.12. The zero-order valence-corrected chi connectivity index (χ0v) is 12.8. The molecule has 21 heavy (non-hydrogen) atoms. The number of nitrogens with zero attached hydrogens (tertiary/aromatic N) is 3. The van der Waals surface area contributed by atoms with E-state index in [1.165, 1.54) is 0 Å². The molecule has 0 amide bonds. The molecule has 5 nitrogen and oxygen atoms in total. The first-order valence-corrected chi connectivity index (χ1v) is 7.11. The summed E-state index contributed by atoms with van der Waals surface area (Å²) in [7, 11) is 0. The second kappa shape index (κ2) is 6.63. The van der Waals surface area contributed by atoms with Gasteiger partial charge in [0.05, 0.1) is 0 Å². The van der Waals surface area contributed by atoms with Gasteiger partial charge in [-0.1, -0.05) is 13.8 Å². The Hall–Kier alpha value is -2.01. The summed E-state index contributed by atoms with van der Waals surface area (Å²) in [5, 5.41) is 12.4. The van der Waals surface area contributed by atoms with Crippen molar-refractivity contribution < 1.29 is 5.11 Å². The Labute approximate surface area is 125 Å². The van der Waals surface area contributed by atoms with Crippen molar-refractivity contribution in [2.45, 2.75) is 27.2 Å². The van der Waals surface area contributed by atoms with E-state index in [0.717, 1.165) is 30.0 Å². The van der Waals surface area contributed by atoms with Crippen LogP contribution in [-0.4, -0.2) is 33.2 Å². The summed E-state index contributed by atoms with van der Waals surface area (Å²) >= 11 is 0. The van der Waals surface area contributed by atoms with E-state index in [0.29, 0.717) is 5.82 Å². The lowest BCUT2D eigenvalue weighted by atomic mass is 9.90. The molecule has 0 spiro atoms. The summed E-state index contributed by atoms with van der Waals surface area (Å²) in [5.74, 6) is 1.47. The average molecular weight is 286 g/mol. The Bertz CT molecular complexity index is 584. The number of anilines is 1. The predicted octanol–water partition coefficient (Wildman–Crippen LogP) is 2.67. The number of aliphatic hydroxyl groups excluding tert-OH is 1. The molecule has 2 rings (SSSR count). The molecule has 0 aliphatic heterocycles. The summed E-state index contributed by atoms with van der Waals surface area (Å²) in [4.78, 5) is 13.1. The second-order valence-corrected chi connectivity index (χ2v) is 5.95. The van der Waals surface area contributed by atoms with Crippen molar-refractivity contribution in [2.75, 3.05) is 18.5 Å². The van der Waals surface area contributed by atoms with E-state index in [1.54, 1.807) is 12.4 Å². The minimum absolute atomic E-state index is 0.0159. The fraction of sp³-hybridized carbons (Fsp3) is 0.438. The van der Waals surface area contributed by atoms with Crippen molar-refractivity contribution in [1.82, 2.24) is 15.0 Å². The van der Waals surface area contributed by atoms with Crippen LogP contribution in [0.2, 0.25) is 0 Å². The first-order valence-electron chi connectivity index (χ1n) is 7.11. The maximum Gasteiger partial charge on any atom is 0.163 e. The molecule has 0 atom stereocenters. The molecule has 5 heteroatoms. The topological polar surface area (TPSA) is 70.9 Å². The van der Waals surface area contributed by atoms with Crippen molar-refractivity contribution >= 4 is 5.82 Å². The average Bonchev–Trinajstić information content (AvgIpc) is 2.46. The Balaban J connectivity index is 2.16. The third-order valence-electron chi connectivity index (χ3n) is 3.31. The van der Waals surface area contributed by atoms with Gasteiger partial charge in [-0.25, -0.2) is 9.97 Å². The van der Waals surface area contributed by atoms with Crippen LogP contribution >= 0.6 is 0 Å². The standard InChI is InChI=1S/C16H22N4O/c1-12-9-14(18-11-16(2,3)6-8-21)20-15(19-12)13-5-4-7-17-10-13/h4-5,7,9-10,21H,6,8,11H2,1-3H3,(H,18,19,20). The van der Waals surface area contributed by atoms with Crippen LogP contribution in [0.25, 0.3) is 11.4 Å². The Morgan fingerprint density at radius 2 is 2.10 bits per heavy atom. The third kappa shape index (κ3) is 4.49. The minimum atomic E-state index is 0.0159. The van der Waals surface area contributed by atoms with Gasteiger partial charge in [0.15, 0.2) is 5.82 Å². The van der Waals surface area contributed by atoms with Gasteiger partial charge in [-0.3, -0.25) is 4.98 Å². The van der Waals surface area contributed by atoms with E-state index in [4.69, 9.17) is 5.11 Å². The molecule has 0 aliphatic rings. The molecule has 0 bridgehead atoms. The Kier molecular flexibility index (Phi) is 4.85. The molecule has 0 saturated carbocycles. The fourth-order valence-corrected chi connectivity index (χ4v) is 2.00. The number of rotatable bonds is 6. The number of aromatic nitrogens is 3. The van der Waals surface area contributed by atoms with Crippen molar-refractivity contribution in [3.8, 4) is 11.4 Å². The smallest absolute Gasteiger partial charge is 0.163 e. The van der Waals surface area contributed by atoms with Crippen LogP contribution in [0.3, 0.4) is 0 Å². The van der Waals surface area contributed by atoms with E-state index in [1.807, 2.05) is 25.1 Å². The minimum Gasteiger partial charge on any atom is -0.396 e. The molecule has 112 valence electrons. The van der Waals surface area contributed by atoms with E-state index in [-0.39, 0.29) is 12.0 Å². The van der Waals surface area contributed by atoms with Crippen molar-refractivity contribution in [1.29, 1.82) is 0 Å². The van der Waals surface area contributed by atoms with Gasteiger partial charge in [-0.2, -0.15) is 0 Å². The maximum atomic E-state index is 9.08. The van der Waals surface area contributed by atoms with E-state index >= 15 is 0 Å². The predicted molar refractivity (Wildman–Crippen MR) is 84.0 cm³/mol. The van der Waals surface area contributed by atoms with E-state index < -0.39 is 0 Å². The lowest BCUT2D eigenvalue weighted by Crippen LogP contribution is -2.24. The van der Waals surface area contributed by atoms with E-state index in [9.17, 15) is 0 Å². The van der Waals surface area contributed by atoms with Crippen LogP contribution < -0.4 is 5.32 Å². The van der Waals surface area contributed by atoms with Gasteiger partial charge in [-0.05, 0) is 30.9 Å². The van der Waals surface area contributed by atoms with Gasteiger partial charge >= 0.3 is 0 Å². The number of nitrogens with one attached hydrogen (secondary N) is 1. The summed E-state index contributed by atoms with van der Waals surface area (Å²) < 4.78 is 0.